The van der Waals surface area contributed by atoms with Crippen LogP contribution in [0.25, 0.3) is 10.4 Å². The Hall–Kier alpha value is -2.91. The molecule has 2 N–H and O–H groups in total. The average molecular weight is 554 g/mol. The van der Waals surface area contributed by atoms with Crippen LogP contribution in [0.3, 0.4) is 0 Å². The van der Waals surface area contributed by atoms with Crippen molar-refractivity contribution in [3.05, 3.63) is 66.8 Å². The Balaban J connectivity index is 1.52. The maximum absolute atomic E-state index is 12.9. The third-order valence-electron chi connectivity index (χ3n) is 8.44. The van der Waals surface area contributed by atoms with E-state index in [4.69, 9.17) is 15.0 Å². The van der Waals surface area contributed by atoms with Gasteiger partial charge in [0.05, 0.1) is 24.8 Å². The van der Waals surface area contributed by atoms with Gasteiger partial charge in [0.15, 0.2) is 0 Å². The van der Waals surface area contributed by atoms with Gasteiger partial charge in [-0.05, 0) is 42.7 Å². The number of aliphatic hydroxyl groups is 1. The number of anilines is 2. The zero-order chi connectivity index (χ0) is 28.3. The van der Waals surface area contributed by atoms with Crippen LogP contribution in [-0.2, 0) is 9.47 Å². The summed E-state index contributed by atoms with van der Waals surface area (Å²) in [6, 6.07) is 9.68. The molecule has 2 aromatic carbocycles. The lowest BCUT2D eigenvalue weighted by Gasteiger charge is -2.39. The zero-order valence-electron chi connectivity index (χ0n) is 23.5. The number of nitrogens with one attached hydrogen (secondary N) is 1. The van der Waals surface area contributed by atoms with Gasteiger partial charge in [0.1, 0.15) is 11.4 Å². The fraction of sp³-hybridized carbons (Fsp3) is 0.667. The van der Waals surface area contributed by atoms with E-state index in [-0.39, 0.29) is 24.3 Å². The summed E-state index contributed by atoms with van der Waals surface area (Å²) in [4.78, 5) is 30.5. The van der Waals surface area contributed by atoms with E-state index in [0.29, 0.717) is 44.3 Å². The van der Waals surface area contributed by atoms with Crippen LogP contribution < -0.4 is 21.1 Å². The van der Waals surface area contributed by atoms with Gasteiger partial charge >= 0.3 is 0 Å². The first-order valence-electron chi connectivity index (χ1n) is 14.7. The molecule has 4 rings (SSSR count). The van der Waals surface area contributed by atoms with Crippen molar-refractivity contribution in [3.8, 4) is 0 Å². The van der Waals surface area contributed by atoms with Crippen molar-refractivity contribution >= 4 is 11.4 Å². The van der Waals surface area contributed by atoms with E-state index in [9.17, 15) is 14.7 Å². The fourth-order valence-electron chi connectivity index (χ4n) is 6.36. The molecule has 0 radical (unpaired) electrons. The largest absolute Gasteiger partial charge is 0.391 e. The molecular weight excluding hydrogens is 510 g/mol. The third kappa shape index (κ3) is 7.63. The van der Waals surface area contributed by atoms with Crippen molar-refractivity contribution in [1.82, 2.24) is 0 Å². The molecule has 0 aromatic heterocycles. The second-order valence-corrected chi connectivity index (χ2v) is 11.2. The van der Waals surface area contributed by atoms with Crippen molar-refractivity contribution in [3.63, 3.8) is 0 Å². The summed E-state index contributed by atoms with van der Waals surface area (Å²) in [5.74, 6) is 0.563. The van der Waals surface area contributed by atoms with Crippen LogP contribution in [0.15, 0.2) is 45.0 Å². The van der Waals surface area contributed by atoms with Gasteiger partial charge in [-0.1, -0.05) is 67.6 Å². The molecule has 1 saturated heterocycles. The summed E-state index contributed by atoms with van der Waals surface area (Å²) >= 11 is 0. The first-order valence-corrected chi connectivity index (χ1v) is 14.7. The minimum atomic E-state index is -0.952. The lowest BCUT2D eigenvalue weighted by Crippen LogP contribution is -2.49. The fourth-order valence-corrected chi connectivity index (χ4v) is 6.36. The number of azide groups is 1. The predicted molar refractivity (Wildman–Crippen MR) is 157 cm³/mol. The minimum Gasteiger partial charge on any atom is -0.391 e. The lowest BCUT2D eigenvalue weighted by atomic mass is 9.83. The van der Waals surface area contributed by atoms with Crippen LogP contribution in [-0.4, -0.2) is 57.2 Å². The first kappa shape index (κ1) is 30.1. The van der Waals surface area contributed by atoms with Gasteiger partial charge in [-0.15, -0.1) is 0 Å². The maximum atomic E-state index is 12.9. The van der Waals surface area contributed by atoms with E-state index in [1.807, 2.05) is 23.1 Å². The van der Waals surface area contributed by atoms with Gasteiger partial charge < -0.3 is 24.8 Å². The van der Waals surface area contributed by atoms with E-state index in [1.54, 1.807) is 7.11 Å². The van der Waals surface area contributed by atoms with Crippen LogP contribution >= 0.6 is 0 Å². The lowest BCUT2D eigenvalue weighted by molar-refractivity contribution is -0.00235. The zero-order valence-corrected chi connectivity index (χ0v) is 23.5. The molecule has 0 bridgehead atoms. The Morgan fingerprint density at radius 2 is 1.88 bits per heavy atom. The van der Waals surface area contributed by atoms with E-state index >= 15 is 0 Å². The Kier molecular flexibility index (Phi) is 11.4. The van der Waals surface area contributed by atoms with Crippen molar-refractivity contribution in [2.45, 2.75) is 76.0 Å². The number of hydrogen-bond acceptors (Lipinski definition) is 8. The Bertz CT molecular complexity index is 1170. The smallest absolute Gasteiger partial charge is 0.253 e. The molecule has 2 aliphatic rings. The summed E-state index contributed by atoms with van der Waals surface area (Å²) in [5.41, 5.74) is 9.54. The highest BCUT2D eigenvalue weighted by Crippen LogP contribution is 2.36. The number of hydrogen-bond donors (Lipinski definition) is 2. The molecule has 1 heterocycles. The monoisotopic (exact) mass is 553 g/mol. The second-order valence-electron chi connectivity index (χ2n) is 11.2. The van der Waals surface area contributed by atoms with Crippen molar-refractivity contribution in [2.75, 3.05) is 50.2 Å². The van der Waals surface area contributed by atoms with Gasteiger partial charge in [-0.25, -0.2) is 0 Å². The van der Waals surface area contributed by atoms with Crippen LogP contribution in [0.2, 0.25) is 0 Å². The van der Waals surface area contributed by atoms with Gasteiger partial charge in [0.25, 0.3) is 10.9 Å². The van der Waals surface area contributed by atoms with Crippen LogP contribution in [0.4, 0.5) is 11.4 Å². The first-order chi connectivity index (χ1) is 19.5. The van der Waals surface area contributed by atoms with Crippen LogP contribution in [0.1, 0.15) is 69.5 Å². The number of aliphatic hydroxyl groups excluding tert-OH is 1. The highest BCUT2D eigenvalue weighted by molar-refractivity contribution is 5.75. The molecule has 40 heavy (non-hydrogen) atoms. The topological polar surface area (TPSA) is 137 Å². The van der Waals surface area contributed by atoms with E-state index < -0.39 is 23.0 Å². The molecule has 2 unspecified atom stereocenters. The molecule has 10 heteroatoms. The van der Waals surface area contributed by atoms with Crippen molar-refractivity contribution in [2.24, 2.45) is 17.0 Å². The highest BCUT2D eigenvalue weighted by atomic mass is 16.5. The Morgan fingerprint density at radius 1 is 1.10 bits per heavy atom. The number of piperidine rings is 1. The van der Waals surface area contributed by atoms with Gasteiger partial charge in [-0.3, -0.25) is 9.59 Å². The Morgan fingerprint density at radius 3 is 2.60 bits per heavy atom. The molecule has 1 aliphatic heterocycles. The summed E-state index contributed by atoms with van der Waals surface area (Å²) in [7, 11) is 1.68. The predicted octanol–water partition coefficient (Wildman–Crippen LogP) is 4.72. The molecule has 1 saturated carbocycles. The number of ether oxygens (including phenoxy) is 2. The van der Waals surface area contributed by atoms with E-state index in [1.165, 1.54) is 6.42 Å². The summed E-state index contributed by atoms with van der Waals surface area (Å²) < 4.78 is 11.6. The molecule has 10 nitrogen and oxygen atoms in total. The van der Waals surface area contributed by atoms with E-state index in [0.717, 1.165) is 50.5 Å². The molecule has 0 amide bonds. The van der Waals surface area contributed by atoms with Gasteiger partial charge in [0, 0.05) is 44.2 Å². The third-order valence-corrected chi connectivity index (χ3v) is 8.44. The molecule has 2 fully saturated rings. The van der Waals surface area contributed by atoms with Crippen LogP contribution in [0.5, 0.6) is 0 Å². The van der Waals surface area contributed by atoms with Gasteiger partial charge in [-0.2, -0.15) is 0 Å². The molecular formula is C30H43N5O5. The van der Waals surface area contributed by atoms with Crippen LogP contribution in [0, 0.1) is 11.8 Å². The maximum Gasteiger partial charge on any atom is 0.253 e. The standard InChI is InChI=1S/C30H43N5O5/c1-39-16-9-17-40-30(22-12-6-3-7-13-22)23-14-8-15-35(20-23)27-26(28(37)29(27)38)33-24(25(36)19-32-34-31)18-21-10-4-2-5-11-21/h3,6-7,12-13,21,23-25,30,33,36H,2,4-5,8-11,14-20H2,1H3/t23?,24-,25+,30?/m0/s1. The van der Waals surface area contributed by atoms with Crippen molar-refractivity contribution < 1.29 is 14.6 Å². The molecule has 218 valence electrons. The van der Waals surface area contributed by atoms with Gasteiger partial charge in [0.2, 0.25) is 0 Å². The summed E-state index contributed by atoms with van der Waals surface area (Å²) in [6.45, 7) is 2.39. The molecule has 0 spiro atoms. The number of rotatable bonds is 15. The molecule has 1 aliphatic carbocycles. The Labute approximate surface area is 236 Å². The van der Waals surface area contributed by atoms with Crippen molar-refractivity contribution in [1.29, 1.82) is 0 Å². The summed E-state index contributed by atoms with van der Waals surface area (Å²) in [6.07, 6.45) is 7.87. The number of nitrogens with zero attached hydrogens (tertiary/aromatic N) is 4. The molecule has 4 atom stereocenters. The highest BCUT2D eigenvalue weighted by Gasteiger charge is 2.35. The second kappa shape index (κ2) is 15.2. The quantitative estimate of drug-likeness (QED) is 0.107. The average Bonchev–Trinajstić information content (AvgIpc) is 3.00. The number of benzene rings is 1. The number of methoxy groups -OCH3 is 1. The SMILES string of the molecule is COCCCOC(c1ccccc1)C1CCCN(c2c(N[C@@H](CC3CCCCC3)[C@H](O)CN=[N+]=[N-])c(=O)c2=O)C1. The molecule has 2 aromatic rings. The van der Waals surface area contributed by atoms with E-state index in [2.05, 4.69) is 27.5 Å². The normalized spacial score (nSPS) is 20.6. The summed E-state index contributed by atoms with van der Waals surface area (Å²) in [5, 5.41) is 17.7. The minimum absolute atomic E-state index is 0.0867.